The van der Waals surface area contributed by atoms with Crippen LogP contribution in [0.2, 0.25) is 0 Å². The summed E-state index contributed by atoms with van der Waals surface area (Å²) in [6, 6.07) is 8.96. The third-order valence-corrected chi connectivity index (χ3v) is 3.83. The minimum absolute atomic E-state index is 0.191. The molecule has 0 saturated carbocycles. The molecule has 1 unspecified atom stereocenters. The van der Waals surface area contributed by atoms with Crippen molar-refractivity contribution in [3.63, 3.8) is 0 Å². The lowest BCUT2D eigenvalue weighted by atomic mass is 10.0. The smallest absolute Gasteiger partial charge is 0.404 e. The number of aryl methyl sites for hydroxylation is 1. The predicted octanol–water partition coefficient (Wildman–Crippen LogP) is 3.63. The summed E-state index contributed by atoms with van der Waals surface area (Å²) in [6.45, 7) is 2.05. The van der Waals surface area contributed by atoms with Gasteiger partial charge in [0.25, 0.3) is 0 Å². The lowest BCUT2D eigenvalue weighted by molar-refractivity contribution is -0.402. The minimum Gasteiger partial charge on any atom is -0.404 e. The third-order valence-electron chi connectivity index (χ3n) is 3.83. The molecule has 6 heteroatoms. The van der Waals surface area contributed by atoms with Crippen LogP contribution < -0.4 is 0 Å². The summed E-state index contributed by atoms with van der Waals surface area (Å²) in [5.41, 5.74) is 3.27. The van der Waals surface area contributed by atoms with Gasteiger partial charge in [0.1, 0.15) is 10.7 Å². The van der Waals surface area contributed by atoms with Gasteiger partial charge in [0.2, 0.25) is 0 Å². The quantitative estimate of drug-likeness (QED) is 0.589. The molecule has 0 aliphatic heterocycles. The van der Waals surface area contributed by atoms with Crippen molar-refractivity contribution < 1.29 is 9.34 Å². The molecule has 114 valence electrons. The molecule has 1 aromatic carbocycles. The van der Waals surface area contributed by atoms with Crippen LogP contribution in [0.5, 0.6) is 0 Å². The summed E-state index contributed by atoms with van der Waals surface area (Å²) < 4.78 is 5.42. The zero-order valence-corrected chi connectivity index (χ0v) is 12.7. The maximum atomic E-state index is 10.8. The fourth-order valence-corrected chi connectivity index (χ4v) is 2.83. The van der Waals surface area contributed by atoms with Gasteiger partial charge in [-0.05, 0) is 32.6 Å². The van der Waals surface area contributed by atoms with Crippen molar-refractivity contribution in [1.82, 2.24) is 9.88 Å². The summed E-state index contributed by atoms with van der Waals surface area (Å²) in [4.78, 5) is 15.6. The van der Waals surface area contributed by atoms with Gasteiger partial charge in [-0.15, -0.1) is 0 Å². The minimum atomic E-state index is -0.518. The summed E-state index contributed by atoms with van der Waals surface area (Å²) >= 11 is 0. The molecule has 0 spiro atoms. The van der Waals surface area contributed by atoms with Crippen LogP contribution in [0.25, 0.3) is 10.9 Å². The van der Waals surface area contributed by atoms with Gasteiger partial charge in [-0.25, -0.2) is 0 Å². The molecule has 22 heavy (non-hydrogen) atoms. The van der Waals surface area contributed by atoms with Crippen LogP contribution in [0.4, 0.5) is 5.88 Å². The van der Waals surface area contributed by atoms with Crippen molar-refractivity contribution in [3.8, 4) is 0 Å². The van der Waals surface area contributed by atoms with E-state index in [1.165, 1.54) is 6.07 Å². The fraction of sp³-hybridized carbons (Fsp3) is 0.250. The molecule has 3 aromatic rings. The number of rotatable bonds is 4. The van der Waals surface area contributed by atoms with Gasteiger partial charge >= 0.3 is 5.88 Å². The van der Waals surface area contributed by atoms with Crippen molar-refractivity contribution in [2.24, 2.45) is 0 Å². The van der Waals surface area contributed by atoms with E-state index in [9.17, 15) is 10.1 Å². The van der Waals surface area contributed by atoms with Crippen LogP contribution >= 0.6 is 0 Å². The number of H-pyrrole nitrogens is 1. The van der Waals surface area contributed by atoms with Gasteiger partial charge in [-0.1, -0.05) is 18.2 Å². The number of furan rings is 1. The Morgan fingerprint density at radius 2 is 2.05 bits per heavy atom. The zero-order chi connectivity index (χ0) is 15.9. The number of hydrogen-bond acceptors (Lipinski definition) is 4. The third kappa shape index (κ3) is 2.27. The lowest BCUT2D eigenvalue weighted by Gasteiger charge is -2.21. The van der Waals surface area contributed by atoms with E-state index >= 15 is 0 Å². The maximum Gasteiger partial charge on any atom is 0.433 e. The van der Waals surface area contributed by atoms with Crippen molar-refractivity contribution in [2.45, 2.75) is 13.0 Å². The molecule has 0 fully saturated rings. The monoisotopic (exact) mass is 299 g/mol. The molecule has 2 heterocycles. The van der Waals surface area contributed by atoms with Gasteiger partial charge in [-0.2, -0.15) is 0 Å². The number of aromatic nitrogens is 1. The highest BCUT2D eigenvalue weighted by Crippen LogP contribution is 2.35. The van der Waals surface area contributed by atoms with Crippen LogP contribution in [0.15, 0.2) is 40.9 Å². The molecule has 0 aliphatic carbocycles. The number of hydrogen-bond donors (Lipinski definition) is 1. The van der Waals surface area contributed by atoms with E-state index in [4.69, 9.17) is 4.42 Å². The molecular weight excluding hydrogens is 282 g/mol. The highest BCUT2D eigenvalue weighted by molar-refractivity contribution is 5.86. The molecule has 0 radical (unpaired) electrons. The maximum absolute atomic E-state index is 10.8. The first-order chi connectivity index (χ1) is 10.5. The Kier molecular flexibility index (Phi) is 3.46. The molecule has 0 amide bonds. The van der Waals surface area contributed by atoms with Gasteiger partial charge in [0.05, 0.1) is 12.1 Å². The highest BCUT2D eigenvalue weighted by Gasteiger charge is 2.25. The van der Waals surface area contributed by atoms with E-state index in [0.717, 1.165) is 22.0 Å². The molecule has 0 bridgehead atoms. The van der Waals surface area contributed by atoms with E-state index in [-0.39, 0.29) is 11.9 Å². The van der Waals surface area contributed by atoms with E-state index in [0.29, 0.717) is 5.76 Å². The summed E-state index contributed by atoms with van der Waals surface area (Å²) in [7, 11) is 3.85. The number of nitrogens with one attached hydrogen (secondary N) is 1. The van der Waals surface area contributed by atoms with E-state index in [1.807, 2.05) is 50.3 Å². The summed E-state index contributed by atoms with van der Waals surface area (Å²) in [6.07, 6.45) is 1.94. The topological polar surface area (TPSA) is 75.3 Å². The Labute approximate surface area is 127 Å². The molecule has 2 aromatic heterocycles. The normalized spacial score (nSPS) is 12.9. The van der Waals surface area contributed by atoms with E-state index in [1.54, 1.807) is 6.07 Å². The number of benzene rings is 1. The fourth-order valence-electron chi connectivity index (χ4n) is 2.83. The second kappa shape index (κ2) is 5.31. The predicted molar refractivity (Wildman–Crippen MR) is 83.9 cm³/mol. The average Bonchev–Trinajstić information content (AvgIpc) is 3.08. The van der Waals surface area contributed by atoms with Crippen LogP contribution in [-0.4, -0.2) is 28.9 Å². The van der Waals surface area contributed by atoms with Crippen molar-refractivity contribution >= 4 is 16.8 Å². The molecule has 6 nitrogen and oxygen atoms in total. The molecule has 1 atom stereocenters. The average molecular weight is 299 g/mol. The number of nitro groups is 1. The van der Waals surface area contributed by atoms with Crippen LogP contribution in [0, 0.1) is 17.0 Å². The second-order valence-electron chi connectivity index (χ2n) is 5.54. The molecule has 0 saturated heterocycles. The molecule has 0 aliphatic rings. The number of nitrogens with zero attached hydrogens (tertiary/aromatic N) is 2. The SMILES string of the molecule is Cc1cccc2c(C(c3ccc([N+](=O)[O-])o3)N(C)C)c[nH]c12. The Bertz CT molecular complexity index is 832. The standard InChI is InChI=1S/C16H17N3O3/c1-10-5-4-6-11-12(9-17-15(10)11)16(18(2)3)13-7-8-14(22-13)19(20)21/h4-9,16-17H,1-3H3. The first-order valence-corrected chi connectivity index (χ1v) is 6.96. The largest absolute Gasteiger partial charge is 0.433 e. The molecule has 1 N–H and O–H groups in total. The summed E-state index contributed by atoms with van der Waals surface area (Å²) in [5.74, 6) is 0.317. The highest BCUT2D eigenvalue weighted by atomic mass is 16.6. The molecule has 3 rings (SSSR count). The van der Waals surface area contributed by atoms with Crippen LogP contribution in [0.3, 0.4) is 0 Å². The Hall–Kier alpha value is -2.60. The van der Waals surface area contributed by atoms with Gasteiger partial charge in [0.15, 0.2) is 0 Å². The summed E-state index contributed by atoms with van der Waals surface area (Å²) in [5, 5.41) is 11.9. The van der Waals surface area contributed by atoms with Crippen LogP contribution in [-0.2, 0) is 0 Å². The van der Waals surface area contributed by atoms with Gasteiger partial charge in [-0.3, -0.25) is 15.0 Å². The van der Waals surface area contributed by atoms with E-state index < -0.39 is 4.92 Å². The van der Waals surface area contributed by atoms with Gasteiger partial charge in [0, 0.05) is 22.7 Å². The Morgan fingerprint density at radius 1 is 1.27 bits per heavy atom. The number of para-hydroxylation sites is 1. The van der Waals surface area contributed by atoms with Gasteiger partial charge < -0.3 is 9.40 Å². The van der Waals surface area contributed by atoms with Crippen molar-refractivity contribution in [1.29, 1.82) is 0 Å². The number of aromatic amines is 1. The second-order valence-corrected chi connectivity index (χ2v) is 5.54. The van der Waals surface area contributed by atoms with E-state index in [2.05, 4.69) is 4.98 Å². The lowest BCUT2D eigenvalue weighted by Crippen LogP contribution is -2.20. The first kappa shape index (κ1) is 14.3. The molecular formula is C16H17N3O3. The van der Waals surface area contributed by atoms with Crippen LogP contribution in [0.1, 0.15) is 22.9 Å². The number of fused-ring (bicyclic) bond motifs is 1. The Morgan fingerprint density at radius 3 is 2.68 bits per heavy atom. The zero-order valence-electron chi connectivity index (χ0n) is 12.7. The Balaban J connectivity index is 2.14. The van der Waals surface area contributed by atoms with Crippen molar-refractivity contribution in [3.05, 3.63) is 63.5 Å². The first-order valence-electron chi connectivity index (χ1n) is 6.96. The van der Waals surface area contributed by atoms with Crippen molar-refractivity contribution in [2.75, 3.05) is 14.1 Å².